The maximum atomic E-state index is 13.1. The highest BCUT2D eigenvalue weighted by Crippen LogP contribution is 2.26. The van der Waals surface area contributed by atoms with Crippen LogP contribution in [0.5, 0.6) is 0 Å². The Balaban J connectivity index is 3.10. The van der Waals surface area contributed by atoms with E-state index in [0.29, 0.717) is 0 Å². The normalized spacial score (nSPS) is 12.7. The first kappa shape index (κ1) is 15.4. The first-order valence-electron chi connectivity index (χ1n) is 4.99. The summed E-state index contributed by atoms with van der Waals surface area (Å²) in [4.78, 5) is -0.236. The quantitative estimate of drug-likeness (QED) is 0.718. The van der Waals surface area contributed by atoms with Gasteiger partial charge in [0.1, 0.15) is 10.7 Å². The number of sulfonamides is 1. The molecule has 0 amide bonds. The predicted octanol–water partition coefficient (Wildman–Crippen LogP) is 1.22. The molecule has 1 rings (SSSR count). The Morgan fingerprint density at radius 3 is 2.56 bits per heavy atom. The molecule has 0 aliphatic heterocycles. The van der Waals surface area contributed by atoms with Gasteiger partial charge in [0.25, 0.3) is 0 Å². The predicted molar refractivity (Wildman–Crippen MR) is 70.0 cm³/mol. The van der Waals surface area contributed by atoms with Crippen LogP contribution in [0.4, 0.5) is 10.1 Å². The molecule has 4 N–H and O–H groups in total. The standard InChI is InChI=1S/C10H14BrFN2O3S/c1-10(2,15)5-14-18(16,17)9-3-6(11)7(12)4-8(9)13/h3-4,14-15H,5,13H2,1-2H3. The van der Waals surface area contributed by atoms with E-state index in [-0.39, 0.29) is 21.6 Å². The number of rotatable bonds is 4. The molecule has 0 radical (unpaired) electrons. The van der Waals surface area contributed by atoms with Gasteiger partial charge in [-0.2, -0.15) is 0 Å². The Kier molecular flexibility index (Phi) is 4.37. The zero-order valence-electron chi connectivity index (χ0n) is 9.87. The van der Waals surface area contributed by atoms with Gasteiger partial charge < -0.3 is 10.8 Å². The second-order valence-electron chi connectivity index (χ2n) is 4.44. The van der Waals surface area contributed by atoms with E-state index < -0.39 is 21.4 Å². The van der Waals surface area contributed by atoms with Crippen molar-refractivity contribution in [2.24, 2.45) is 0 Å². The van der Waals surface area contributed by atoms with Crippen LogP contribution in [0, 0.1) is 5.82 Å². The van der Waals surface area contributed by atoms with Gasteiger partial charge in [0.15, 0.2) is 0 Å². The molecule has 0 fully saturated rings. The fourth-order valence-electron chi connectivity index (χ4n) is 1.13. The van der Waals surface area contributed by atoms with Gasteiger partial charge in [-0.25, -0.2) is 17.5 Å². The van der Waals surface area contributed by atoms with E-state index in [9.17, 15) is 17.9 Å². The molecule has 0 unspecified atom stereocenters. The molecule has 0 spiro atoms. The van der Waals surface area contributed by atoms with Gasteiger partial charge in [0, 0.05) is 6.54 Å². The molecule has 8 heteroatoms. The number of hydrogen-bond acceptors (Lipinski definition) is 4. The Hall–Kier alpha value is -0.700. The average molecular weight is 341 g/mol. The van der Waals surface area contributed by atoms with Crippen molar-refractivity contribution in [3.05, 3.63) is 22.4 Å². The lowest BCUT2D eigenvalue weighted by Crippen LogP contribution is -2.38. The van der Waals surface area contributed by atoms with Crippen LogP contribution >= 0.6 is 15.9 Å². The van der Waals surface area contributed by atoms with Crippen molar-refractivity contribution >= 4 is 31.6 Å². The van der Waals surface area contributed by atoms with Crippen molar-refractivity contribution < 1.29 is 17.9 Å². The second kappa shape index (κ2) is 5.12. The SMILES string of the molecule is CC(C)(O)CNS(=O)(=O)c1cc(Br)c(F)cc1N. The van der Waals surface area contributed by atoms with E-state index in [2.05, 4.69) is 20.7 Å². The molecule has 0 aliphatic rings. The van der Waals surface area contributed by atoms with Crippen LogP contribution < -0.4 is 10.5 Å². The van der Waals surface area contributed by atoms with Crippen molar-refractivity contribution in [1.29, 1.82) is 0 Å². The largest absolute Gasteiger partial charge is 0.398 e. The van der Waals surface area contributed by atoms with Gasteiger partial charge in [0.05, 0.1) is 15.8 Å². The van der Waals surface area contributed by atoms with Gasteiger partial charge in [0.2, 0.25) is 10.0 Å². The summed E-state index contributed by atoms with van der Waals surface area (Å²) in [5.74, 6) is -0.645. The first-order valence-corrected chi connectivity index (χ1v) is 7.27. The minimum absolute atomic E-state index is 0.000309. The van der Waals surface area contributed by atoms with Gasteiger partial charge in [-0.05, 0) is 41.9 Å². The maximum absolute atomic E-state index is 13.1. The molecule has 0 heterocycles. The van der Waals surface area contributed by atoms with Crippen LogP contribution in [-0.2, 0) is 10.0 Å². The highest BCUT2D eigenvalue weighted by molar-refractivity contribution is 9.10. The lowest BCUT2D eigenvalue weighted by molar-refractivity contribution is 0.0857. The number of nitrogens with one attached hydrogen (secondary N) is 1. The van der Waals surface area contributed by atoms with Crippen molar-refractivity contribution in [2.75, 3.05) is 12.3 Å². The molecule has 5 nitrogen and oxygen atoms in total. The van der Waals surface area contributed by atoms with Crippen molar-refractivity contribution in [2.45, 2.75) is 24.3 Å². The molecular formula is C10H14BrFN2O3S. The summed E-state index contributed by atoms with van der Waals surface area (Å²) in [6.45, 7) is 2.74. The fraction of sp³-hybridized carbons (Fsp3) is 0.400. The molecule has 0 aromatic heterocycles. The average Bonchev–Trinajstić information content (AvgIpc) is 2.19. The van der Waals surface area contributed by atoms with Crippen molar-refractivity contribution in [3.63, 3.8) is 0 Å². The number of halogens is 2. The van der Waals surface area contributed by atoms with E-state index in [1.807, 2.05) is 0 Å². The Morgan fingerprint density at radius 1 is 1.50 bits per heavy atom. The van der Waals surface area contributed by atoms with Gasteiger partial charge >= 0.3 is 0 Å². The third-order valence-electron chi connectivity index (χ3n) is 2.04. The third-order valence-corrected chi connectivity index (χ3v) is 4.10. The summed E-state index contributed by atoms with van der Waals surface area (Å²) in [5.41, 5.74) is 4.08. The monoisotopic (exact) mass is 340 g/mol. The van der Waals surface area contributed by atoms with Crippen LogP contribution in [0.25, 0.3) is 0 Å². The zero-order valence-corrected chi connectivity index (χ0v) is 12.3. The summed E-state index contributed by atoms with van der Waals surface area (Å²) in [5, 5.41) is 9.47. The van der Waals surface area contributed by atoms with Crippen LogP contribution in [0.2, 0.25) is 0 Å². The third kappa shape index (κ3) is 3.91. The molecular weight excluding hydrogens is 327 g/mol. The first-order chi connectivity index (χ1) is 8.03. The minimum atomic E-state index is -3.90. The summed E-state index contributed by atoms with van der Waals surface area (Å²) >= 11 is 2.89. The van der Waals surface area contributed by atoms with Crippen molar-refractivity contribution in [1.82, 2.24) is 4.72 Å². The Bertz CT molecular complexity index is 555. The summed E-state index contributed by atoms with van der Waals surface area (Å²) in [7, 11) is -3.90. The van der Waals surface area contributed by atoms with Crippen LogP contribution in [0.1, 0.15) is 13.8 Å². The Labute approximate surface area is 113 Å². The number of anilines is 1. The van der Waals surface area contributed by atoms with Crippen LogP contribution in [0.15, 0.2) is 21.5 Å². The smallest absolute Gasteiger partial charge is 0.242 e. The van der Waals surface area contributed by atoms with Crippen molar-refractivity contribution in [3.8, 4) is 0 Å². The van der Waals surface area contributed by atoms with Gasteiger partial charge in [-0.15, -0.1) is 0 Å². The number of nitrogen functional groups attached to an aromatic ring is 1. The zero-order chi connectivity index (χ0) is 14.1. The highest BCUT2D eigenvalue weighted by Gasteiger charge is 2.22. The molecule has 0 aliphatic carbocycles. The molecule has 1 aromatic rings. The number of benzene rings is 1. The maximum Gasteiger partial charge on any atom is 0.242 e. The summed E-state index contributed by atoms with van der Waals surface area (Å²) < 4.78 is 39.2. The molecule has 0 atom stereocenters. The topological polar surface area (TPSA) is 92.4 Å². The van der Waals surface area contributed by atoms with E-state index in [1.165, 1.54) is 13.8 Å². The van der Waals surface area contributed by atoms with Crippen LogP contribution in [0.3, 0.4) is 0 Å². The van der Waals surface area contributed by atoms with E-state index in [0.717, 1.165) is 12.1 Å². The van der Waals surface area contributed by atoms with E-state index >= 15 is 0 Å². The van der Waals surface area contributed by atoms with Gasteiger partial charge in [-0.1, -0.05) is 0 Å². The molecule has 102 valence electrons. The fourth-order valence-corrected chi connectivity index (χ4v) is 2.96. The number of nitrogens with two attached hydrogens (primary N) is 1. The molecule has 0 saturated carbocycles. The molecule has 0 bridgehead atoms. The van der Waals surface area contributed by atoms with Crippen LogP contribution in [-0.4, -0.2) is 25.7 Å². The number of hydrogen-bond donors (Lipinski definition) is 3. The minimum Gasteiger partial charge on any atom is -0.398 e. The van der Waals surface area contributed by atoms with E-state index in [1.54, 1.807) is 0 Å². The Morgan fingerprint density at radius 2 is 2.06 bits per heavy atom. The highest BCUT2D eigenvalue weighted by atomic mass is 79.9. The van der Waals surface area contributed by atoms with Gasteiger partial charge in [-0.3, -0.25) is 0 Å². The summed E-state index contributed by atoms with van der Waals surface area (Å²) in [6.07, 6.45) is 0. The number of aliphatic hydroxyl groups is 1. The lowest BCUT2D eigenvalue weighted by Gasteiger charge is -2.18. The van der Waals surface area contributed by atoms with E-state index in [4.69, 9.17) is 5.73 Å². The summed E-state index contributed by atoms with van der Waals surface area (Å²) in [6, 6.07) is 2.00. The lowest BCUT2D eigenvalue weighted by atomic mass is 10.1. The molecule has 1 aromatic carbocycles. The molecule has 18 heavy (non-hydrogen) atoms. The molecule has 0 saturated heterocycles. The second-order valence-corrected chi connectivity index (χ2v) is 7.03.